The molecule has 6 heteroatoms. The van der Waals surface area contributed by atoms with Crippen LogP contribution in [-0.4, -0.2) is 24.3 Å². The number of anilines is 1. The number of ether oxygens (including phenoxy) is 1. The molecule has 26 heavy (non-hydrogen) atoms. The normalized spacial score (nSPS) is 11.4. The first-order chi connectivity index (χ1) is 12.6. The van der Waals surface area contributed by atoms with E-state index in [0.29, 0.717) is 22.6 Å². The van der Waals surface area contributed by atoms with Gasteiger partial charge in [-0.2, -0.15) is 5.26 Å². The van der Waals surface area contributed by atoms with E-state index >= 15 is 0 Å². The summed E-state index contributed by atoms with van der Waals surface area (Å²) >= 11 is 0. The van der Waals surface area contributed by atoms with E-state index in [9.17, 15) is 9.90 Å². The highest BCUT2D eigenvalue weighted by atomic mass is 16.5. The molecule has 0 bridgehead atoms. The number of hydrogen-bond donors (Lipinski definition) is 2. The smallest absolute Gasteiger partial charge is 0.125 e. The quantitative estimate of drug-likeness (QED) is 0.712. The fraction of sp³-hybridized carbons (Fsp3) is 0.300. The second-order valence-electron chi connectivity index (χ2n) is 5.78. The summed E-state index contributed by atoms with van der Waals surface area (Å²) in [6, 6.07) is 12.7. The lowest BCUT2D eigenvalue weighted by Crippen LogP contribution is -2.34. The van der Waals surface area contributed by atoms with Crippen LogP contribution in [0.25, 0.3) is 0 Å². The first-order valence-electron chi connectivity index (χ1n) is 8.43. The maximum Gasteiger partial charge on any atom is 0.125 e. The van der Waals surface area contributed by atoms with Crippen LogP contribution in [0, 0.1) is 11.3 Å². The van der Waals surface area contributed by atoms with Gasteiger partial charge < -0.3 is 25.1 Å². The third kappa shape index (κ3) is 4.98. The van der Waals surface area contributed by atoms with Gasteiger partial charge in [-0.1, -0.05) is 19.4 Å². The van der Waals surface area contributed by atoms with Crippen LogP contribution in [0.4, 0.5) is 5.69 Å². The van der Waals surface area contributed by atoms with Crippen LogP contribution in [0.2, 0.25) is 0 Å². The summed E-state index contributed by atoms with van der Waals surface area (Å²) in [5.41, 5.74) is 2.46. The van der Waals surface area contributed by atoms with Crippen LogP contribution in [0.1, 0.15) is 36.1 Å². The summed E-state index contributed by atoms with van der Waals surface area (Å²) in [5.74, 6) is -0.911. The Kier molecular flexibility index (Phi) is 7.01. The maximum absolute atomic E-state index is 11.8. The van der Waals surface area contributed by atoms with Gasteiger partial charge in [-0.05, 0) is 48.4 Å². The number of aryl methyl sites for hydroxylation is 1. The predicted molar refractivity (Wildman–Crippen MR) is 95.5 cm³/mol. The zero-order valence-electron chi connectivity index (χ0n) is 14.6. The maximum atomic E-state index is 11.8. The summed E-state index contributed by atoms with van der Waals surface area (Å²) in [5, 5.41) is 32.6. The molecule has 0 spiro atoms. The van der Waals surface area contributed by atoms with E-state index in [1.807, 2.05) is 19.1 Å². The molecule has 2 aromatic rings. The number of rotatable bonds is 9. The number of nitrogens with one attached hydrogen (secondary N) is 1. The first-order valence-corrected chi connectivity index (χ1v) is 8.43. The van der Waals surface area contributed by atoms with Gasteiger partial charge in [-0.25, -0.2) is 0 Å². The average molecular weight is 353 g/mol. The predicted octanol–water partition coefficient (Wildman–Crippen LogP) is 1.78. The summed E-state index contributed by atoms with van der Waals surface area (Å²) in [6.45, 7) is 1.94. The molecule has 136 valence electrons. The number of nitriles is 1. The van der Waals surface area contributed by atoms with Gasteiger partial charge in [0.2, 0.25) is 0 Å². The molecule has 0 aromatic heterocycles. The molecule has 1 unspecified atom stereocenters. The second kappa shape index (κ2) is 9.44. The highest BCUT2D eigenvalue weighted by molar-refractivity contribution is 5.79. The van der Waals surface area contributed by atoms with E-state index < -0.39 is 12.0 Å². The number of aliphatic carboxylic acids is 1. The number of carbonyl (C=O) groups excluding carboxylic acids is 1. The number of benzene rings is 2. The van der Waals surface area contributed by atoms with Gasteiger partial charge in [-0.15, -0.1) is 0 Å². The lowest BCUT2D eigenvalue weighted by atomic mass is 10.00. The Hall–Kier alpha value is -3.04. The van der Waals surface area contributed by atoms with Crippen LogP contribution in [0.15, 0.2) is 42.5 Å². The van der Waals surface area contributed by atoms with Gasteiger partial charge >= 0.3 is 0 Å². The Morgan fingerprint density at radius 2 is 2.04 bits per heavy atom. The Labute approximate surface area is 152 Å². The minimum absolute atomic E-state index is 0.0662. The lowest BCUT2D eigenvalue weighted by molar-refractivity contribution is -0.307. The Morgan fingerprint density at radius 3 is 2.62 bits per heavy atom. The molecular weight excluding hydrogens is 332 g/mol. The SMILES string of the molecule is CCCc1ccc(OCCO)c(C(Nc2ccc(C#N)cc2)C(=O)[O-])c1. The van der Waals surface area contributed by atoms with Gasteiger partial charge in [0.05, 0.1) is 30.3 Å². The molecule has 2 aromatic carbocycles. The molecule has 1 atom stereocenters. The van der Waals surface area contributed by atoms with Crippen molar-refractivity contribution in [3.8, 4) is 11.8 Å². The zero-order chi connectivity index (χ0) is 18.9. The topological polar surface area (TPSA) is 105 Å². The minimum Gasteiger partial charge on any atom is -0.548 e. The van der Waals surface area contributed by atoms with Crippen molar-refractivity contribution in [2.24, 2.45) is 0 Å². The number of carbonyl (C=O) groups is 1. The molecule has 2 N–H and O–H groups in total. The van der Waals surface area contributed by atoms with Crippen molar-refractivity contribution in [1.29, 1.82) is 5.26 Å². The van der Waals surface area contributed by atoms with Gasteiger partial charge in [0, 0.05) is 11.3 Å². The second-order valence-corrected chi connectivity index (χ2v) is 5.78. The molecule has 0 amide bonds. The highest BCUT2D eigenvalue weighted by Crippen LogP contribution is 2.30. The van der Waals surface area contributed by atoms with Crippen LogP contribution in [0.5, 0.6) is 5.75 Å². The molecule has 0 aliphatic rings. The molecule has 0 aliphatic carbocycles. The van der Waals surface area contributed by atoms with E-state index in [1.165, 1.54) is 0 Å². The Bertz CT molecular complexity index is 781. The van der Waals surface area contributed by atoms with Crippen molar-refractivity contribution in [1.82, 2.24) is 0 Å². The molecule has 0 saturated heterocycles. The van der Waals surface area contributed by atoms with Crippen molar-refractivity contribution >= 4 is 11.7 Å². The molecule has 0 radical (unpaired) electrons. The summed E-state index contributed by atoms with van der Waals surface area (Å²) in [6.07, 6.45) is 1.74. The fourth-order valence-corrected chi connectivity index (χ4v) is 2.63. The van der Waals surface area contributed by atoms with Crippen LogP contribution in [-0.2, 0) is 11.2 Å². The van der Waals surface area contributed by atoms with E-state index in [1.54, 1.807) is 36.4 Å². The number of hydrogen-bond acceptors (Lipinski definition) is 6. The average Bonchev–Trinajstić information content (AvgIpc) is 2.65. The van der Waals surface area contributed by atoms with E-state index in [2.05, 4.69) is 5.32 Å². The summed E-state index contributed by atoms with van der Waals surface area (Å²) in [4.78, 5) is 11.8. The number of aliphatic hydroxyl groups is 1. The molecule has 0 aliphatic heterocycles. The Morgan fingerprint density at radius 1 is 1.31 bits per heavy atom. The molecule has 0 saturated carbocycles. The van der Waals surface area contributed by atoms with E-state index in [0.717, 1.165) is 18.4 Å². The lowest BCUT2D eigenvalue weighted by Gasteiger charge is -2.24. The van der Waals surface area contributed by atoms with Crippen molar-refractivity contribution in [3.63, 3.8) is 0 Å². The van der Waals surface area contributed by atoms with Crippen LogP contribution in [0.3, 0.4) is 0 Å². The number of aliphatic hydroxyl groups excluding tert-OH is 1. The molecule has 2 rings (SSSR count). The van der Waals surface area contributed by atoms with Gasteiger partial charge in [0.15, 0.2) is 0 Å². The molecule has 6 nitrogen and oxygen atoms in total. The Balaban J connectivity index is 2.37. The summed E-state index contributed by atoms with van der Waals surface area (Å²) in [7, 11) is 0. The van der Waals surface area contributed by atoms with Crippen molar-refractivity contribution < 1.29 is 19.7 Å². The monoisotopic (exact) mass is 353 g/mol. The fourth-order valence-electron chi connectivity index (χ4n) is 2.63. The molecular formula is C20H21N2O4-. The zero-order valence-corrected chi connectivity index (χ0v) is 14.6. The van der Waals surface area contributed by atoms with Crippen LogP contribution < -0.4 is 15.2 Å². The highest BCUT2D eigenvalue weighted by Gasteiger charge is 2.19. The third-order valence-electron chi connectivity index (χ3n) is 3.83. The van der Waals surface area contributed by atoms with Gasteiger partial charge in [0.25, 0.3) is 0 Å². The summed E-state index contributed by atoms with van der Waals surface area (Å²) < 4.78 is 5.50. The largest absolute Gasteiger partial charge is 0.548 e. The van der Waals surface area contributed by atoms with Crippen molar-refractivity contribution in [2.75, 3.05) is 18.5 Å². The minimum atomic E-state index is -1.29. The number of nitrogens with zero attached hydrogens (tertiary/aromatic N) is 1. The van der Waals surface area contributed by atoms with Gasteiger partial charge in [0.1, 0.15) is 12.4 Å². The van der Waals surface area contributed by atoms with E-state index in [-0.39, 0.29) is 13.2 Å². The third-order valence-corrected chi connectivity index (χ3v) is 3.83. The standard InChI is InChI=1S/C20H22N2O4/c1-2-3-14-6-9-18(26-11-10-23)17(12-14)19(20(24)25)22-16-7-4-15(13-21)5-8-16/h4-9,12,19,22-23H,2-3,10-11H2,1H3,(H,24,25)/p-1. The van der Waals surface area contributed by atoms with Crippen LogP contribution >= 0.6 is 0 Å². The van der Waals surface area contributed by atoms with Crippen molar-refractivity contribution in [2.45, 2.75) is 25.8 Å². The molecule has 0 heterocycles. The van der Waals surface area contributed by atoms with Gasteiger partial charge in [-0.3, -0.25) is 0 Å². The number of carboxylic acid groups (broad SMARTS) is 1. The first kappa shape index (κ1) is 19.3. The van der Waals surface area contributed by atoms with E-state index in [4.69, 9.17) is 15.1 Å². The van der Waals surface area contributed by atoms with Crippen molar-refractivity contribution in [3.05, 3.63) is 59.2 Å². The molecule has 0 fully saturated rings. The number of carboxylic acids is 1.